The second kappa shape index (κ2) is 4.85. The zero-order valence-electron chi connectivity index (χ0n) is 7.44. The average molecular weight is 258 g/mol. The summed E-state index contributed by atoms with van der Waals surface area (Å²) in [7, 11) is 1.30. The molecule has 1 heterocycles. The molecule has 14 heavy (non-hydrogen) atoms. The summed E-state index contributed by atoms with van der Waals surface area (Å²) in [5, 5.41) is 0. The predicted octanol–water partition coefficient (Wildman–Crippen LogP) is 1.50. The SMILES string of the molecule is COC(=O)c1ccc(C(Br)C=O)nc1. The lowest BCUT2D eigenvalue weighted by molar-refractivity contribution is -0.107. The molecule has 0 aliphatic rings. The molecule has 0 radical (unpaired) electrons. The van der Waals surface area contributed by atoms with Crippen LogP contribution in [0.4, 0.5) is 0 Å². The Morgan fingerprint density at radius 3 is 2.79 bits per heavy atom. The molecule has 0 N–H and O–H groups in total. The Kier molecular flexibility index (Phi) is 3.76. The lowest BCUT2D eigenvalue weighted by Crippen LogP contribution is -2.03. The molecule has 1 unspecified atom stereocenters. The van der Waals surface area contributed by atoms with Crippen molar-refractivity contribution in [2.75, 3.05) is 7.11 Å². The molecular weight excluding hydrogens is 250 g/mol. The Labute approximate surface area is 89.4 Å². The molecule has 0 saturated carbocycles. The van der Waals surface area contributed by atoms with E-state index in [2.05, 4.69) is 25.7 Å². The number of methoxy groups -OCH3 is 1. The molecule has 0 fully saturated rings. The van der Waals surface area contributed by atoms with Crippen LogP contribution in [0.2, 0.25) is 0 Å². The summed E-state index contributed by atoms with van der Waals surface area (Å²) >= 11 is 3.12. The maximum atomic E-state index is 11.0. The van der Waals surface area contributed by atoms with Crippen LogP contribution in [0.15, 0.2) is 18.3 Å². The second-order valence-corrected chi connectivity index (χ2v) is 3.49. The van der Waals surface area contributed by atoms with E-state index < -0.39 is 10.8 Å². The van der Waals surface area contributed by atoms with Crippen molar-refractivity contribution in [2.45, 2.75) is 4.83 Å². The van der Waals surface area contributed by atoms with Crippen LogP contribution >= 0.6 is 15.9 Å². The van der Waals surface area contributed by atoms with Crippen molar-refractivity contribution in [2.24, 2.45) is 0 Å². The number of carbonyl (C=O) groups is 2. The maximum Gasteiger partial charge on any atom is 0.339 e. The third kappa shape index (κ3) is 2.38. The monoisotopic (exact) mass is 257 g/mol. The first-order valence-electron chi connectivity index (χ1n) is 3.82. The number of aldehydes is 1. The molecule has 0 spiro atoms. The highest BCUT2D eigenvalue weighted by Gasteiger charge is 2.09. The maximum absolute atomic E-state index is 11.0. The van der Waals surface area contributed by atoms with Crippen LogP contribution in [0, 0.1) is 0 Å². The van der Waals surface area contributed by atoms with Crippen molar-refractivity contribution in [3.8, 4) is 0 Å². The quantitative estimate of drug-likeness (QED) is 0.468. The van der Waals surface area contributed by atoms with E-state index in [1.165, 1.54) is 13.3 Å². The standard InChI is InChI=1S/C9H8BrNO3/c1-14-9(13)6-2-3-8(11-4-6)7(10)5-12/h2-5,7H,1H3. The van der Waals surface area contributed by atoms with Gasteiger partial charge in [0.25, 0.3) is 0 Å². The van der Waals surface area contributed by atoms with Crippen LogP contribution < -0.4 is 0 Å². The van der Waals surface area contributed by atoms with Crippen molar-refractivity contribution in [1.29, 1.82) is 0 Å². The molecule has 0 aromatic carbocycles. The van der Waals surface area contributed by atoms with E-state index in [1.807, 2.05) is 0 Å². The fourth-order valence-electron chi connectivity index (χ4n) is 0.877. The predicted molar refractivity (Wildman–Crippen MR) is 53.3 cm³/mol. The smallest absolute Gasteiger partial charge is 0.339 e. The number of ether oxygens (including phenoxy) is 1. The molecule has 0 aliphatic heterocycles. The van der Waals surface area contributed by atoms with Gasteiger partial charge in [0.15, 0.2) is 0 Å². The summed E-state index contributed by atoms with van der Waals surface area (Å²) in [5.74, 6) is -0.443. The summed E-state index contributed by atoms with van der Waals surface area (Å²) < 4.78 is 4.50. The Morgan fingerprint density at radius 2 is 2.36 bits per heavy atom. The highest BCUT2D eigenvalue weighted by molar-refractivity contribution is 9.09. The highest BCUT2D eigenvalue weighted by Crippen LogP contribution is 2.17. The van der Waals surface area contributed by atoms with Gasteiger partial charge in [-0.25, -0.2) is 4.79 Å². The first-order valence-corrected chi connectivity index (χ1v) is 4.74. The second-order valence-electron chi connectivity index (χ2n) is 2.50. The van der Waals surface area contributed by atoms with Gasteiger partial charge in [-0.05, 0) is 12.1 Å². The lowest BCUT2D eigenvalue weighted by Gasteiger charge is -2.02. The Balaban J connectivity index is 2.88. The molecular formula is C9H8BrNO3. The minimum absolute atomic E-state index is 0.363. The Morgan fingerprint density at radius 1 is 1.64 bits per heavy atom. The molecule has 0 amide bonds. The van der Waals surface area contributed by atoms with Gasteiger partial charge in [0.2, 0.25) is 0 Å². The van der Waals surface area contributed by atoms with Gasteiger partial charge in [0, 0.05) is 6.20 Å². The zero-order chi connectivity index (χ0) is 10.6. The number of hydrogen-bond donors (Lipinski definition) is 0. The molecule has 0 bridgehead atoms. The fourth-order valence-corrected chi connectivity index (χ4v) is 1.15. The summed E-state index contributed by atoms with van der Waals surface area (Å²) in [6.45, 7) is 0. The highest BCUT2D eigenvalue weighted by atomic mass is 79.9. The largest absolute Gasteiger partial charge is 0.465 e. The van der Waals surface area contributed by atoms with Crippen molar-refractivity contribution in [3.05, 3.63) is 29.6 Å². The number of carbonyl (C=O) groups excluding carboxylic acids is 2. The van der Waals surface area contributed by atoms with Gasteiger partial charge in [-0.3, -0.25) is 4.98 Å². The molecule has 1 aromatic rings. The Hall–Kier alpha value is -1.23. The average Bonchev–Trinajstić information content (AvgIpc) is 2.27. The number of esters is 1. The van der Waals surface area contributed by atoms with Crippen molar-refractivity contribution in [3.63, 3.8) is 0 Å². The third-order valence-corrected chi connectivity index (χ3v) is 2.29. The lowest BCUT2D eigenvalue weighted by atomic mass is 10.2. The first kappa shape index (κ1) is 10.8. The van der Waals surface area contributed by atoms with Crippen LogP contribution in [0.25, 0.3) is 0 Å². The van der Waals surface area contributed by atoms with Gasteiger partial charge in [0.05, 0.1) is 18.4 Å². The zero-order valence-corrected chi connectivity index (χ0v) is 9.02. The molecule has 4 nitrogen and oxygen atoms in total. The van der Waals surface area contributed by atoms with Gasteiger partial charge in [-0.2, -0.15) is 0 Å². The van der Waals surface area contributed by atoms with Gasteiger partial charge in [-0.15, -0.1) is 0 Å². The van der Waals surface area contributed by atoms with Crippen molar-refractivity contribution >= 4 is 28.2 Å². The van der Waals surface area contributed by atoms with Crippen LogP contribution in [-0.4, -0.2) is 24.3 Å². The summed E-state index contributed by atoms with van der Waals surface area (Å²) in [4.78, 5) is 24.9. The van der Waals surface area contributed by atoms with Gasteiger partial charge < -0.3 is 9.53 Å². The van der Waals surface area contributed by atoms with Gasteiger partial charge >= 0.3 is 5.97 Å². The summed E-state index contributed by atoms with van der Waals surface area (Å²) in [6.07, 6.45) is 2.10. The van der Waals surface area contributed by atoms with Crippen LogP contribution in [0.1, 0.15) is 20.9 Å². The van der Waals surface area contributed by atoms with Crippen LogP contribution in [-0.2, 0) is 9.53 Å². The van der Waals surface area contributed by atoms with Crippen molar-refractivity contribution < 1.29 is 14.3 Å². The third-order valence-electron chi connectivity index (χ3n) is 1.61. The summed E-state index contributed by atoms with van der Waals surface area (Å²) in [5.41, 5.74) is 0.925. The number of rotatable bonds is 3. The van der Waals surface area contributed by atoms with E-state index in [0.717, 1.165) is 6.29 Å². The fraction of sp³-hybridized carbons (Fsp3) is 0.222. The van der Waals surface area contributed by atoms with Gasteiger partial charge in [0.1, 0.15) is 11.1 Å². The number of hydrogen-bond acceptors (Lipinski definition) is 4. The number of aromatic nitrogens is 1. The van der Waals surface area contributed by atoms with E-state index in [9.17, 15) is 9.59 Å². The summed E-state index contributed by atoms with van der Waals surface area (Å²) in [6, 6.07) is 3.16. The van der Waals surface area contributed by atoms with Crippen LogP contribution in [0.5, 0.6) is 0 Å². The van der Waals surface area contributed by atoms with E-state index in [1.54, 1.807) is 12.1 Å². The molecule has 0 aliphatic carbocycles. The van der Waals surface area contributed by atoms with E-state index in [0.29, 0.717) is 11.3 Å². The normalized spacial score (nSPS) is 11.9. The van der Waals surface area contributed by atoms with E-state index in [4.69, 9.17) is 0 Å². The molecule has 1 rings (SSSR count). The van der Waals surface area contributed by atoms with Crippen molar-refractivity contribution in [1.82, 2.24) is 4.98 Å². The topological polar surface area (TPSA) is 56.3 Å². The van der Waals surface area contributed by atoms with Gasteiger partial charge in [-0.1, -0.05) is 15.9 Å². The number of alkyl halides is 1. The van der Waals surface area contributed by atoms with Crippen LogP contribution in [0.3, 0.4) is 0 Å². The molecule has 1 aromatic heterocycles. The molecule has 0 saturated heterocycles. The Bertz CT molecular complexity index is 336. The number of nitrogens with zero attached hydrogens (tertiary/aromatic N) is 1. The minimum atomic E-state index is -0.443. The molecule has 74 valence electrons. The van der Waals surface area contributed by atoms with E-state index >= 15 is 0 Å². The molecule has 5 heteroatoms. The first-order chi connectivity index (χ1) is 6.69. The number of halogens is 1. The molecule has 1 atom stereocenters. The number of pyridine rings is 1. The van der Waals surface area contributed by atoms with E-state index in [-0.39, 0.29) is 0 Å². The minimum Gasteiger partial charge on any atom is -0.465 e.